The summed E-state index contributed by atoms with van der Waals surface area (Å²) in [6, 6.07) is 4.59. The quantitative estimate of drug-likeness (QED) is 0.796. The first-order chi connectivity index (χ1) is 7.20. The fourth-order valence-electron chi connectivity index (χ4n) is 1.08. The Kier molecular flexibility index (Phi) is 3.02. The molecule has 0 saturated carbocycles. The summed E-state index contributed by atoms with van der Waals surface area (Å²) in [5.41, 5.74) is 0.266. The predicted molar refractivity (Wildman–Crippen MR) is 56.9 cm³/mol. The molecule has 0 aliphatic carbocycles. The maximum absolute atomic E-state index is 13.5. The van der Waals surface area contributed by atoms with Crippen LogP contribution < -0.4 is 0 Å². The second-order valence-corrected chi connectivity index (χ2v) is 3.94. The highest BCUT2D eigenvalue weighted by Crippen LogP contribution is 2.24. The van der Waals surface area contributed by atoms with Crippen LogP contribution in [0.1, 0.15) is 5.89 Å². The highest BCUT2D eigenvalue weighted by atomic mass is 79.9. The molecule has 0 amide bonds. The average molecular weight is 292 g/mol. The van der Waals surface area contributed by atoms with Gasteiger partial charge in [0.1, 0.15) is 11.7 Å². The van der Waals surface area contributed by atoms with Gasteiger partial charge in [-0.05, 0) is 18.2 Å². The molecule has 2 rings (SSSR count). The van der Waals surface area contributed by atoms with Crippen LogP contribution in [0, 0.1) is 5.82 Å². The molecule has 78 valence electrons. The molecule has 0 radical (unpaired) electrons. The molecule has 0 bridgehead atoms. The van der Waals surface area contributed by atoms with E-state index in [1.54, 1.807) is 12.1 Å². The number of alkyl halides is 1. The van der Waals surface area contributed by atoms with Crippen molar-refractivity contribution in [1.82, 2.24) is 10.2 Å². The zero-order chi connectivity index (χ0) is 10.8. The van der Waals surface area contributed by atoms with Crippen molar-refractivity contribution in [2.75, 3.05) is 0 Å². The van der Waals surface area contributed by atoms with E-state index in [1.165, 1.54) is 6.07 Å². The summed E-state index contributed by atoms with van der Waals surface area (Å²) in [6.45, 7) is 0. The van der Waals surface area contributed by atoms with E-state index in [9.17, 15) is 4.39 Å². The van der Waals surface area contributed by atoms with E-state index in [0.717, 1.165) is 0 Å². The Labute approximate surface area is 98.4 Å². The maximum Gasteiger partial charge on any atom is 0.250 e. The number of hydrogen-bond donors (Lipinski definition) is 0. The number of aromatic nitrogens is 2. The summed E-state index contributed by atoms with van der Waals surface area (Å²) in [6.07, 6.45) is 0. The zero-order valence-corrected chi connectivity index (χ0v) is 9.72. The number of benzene rings is 1. The van der Waals surface area contributed by atoms with Crippen molar-refractivity contribution in [3.63, 3.8) is 0 Å². The summed E-state index contributed by atoms with van der Waals surface area (Å²) in [7, 11) is 0. The molecule has 3 nitrogen and oxygen atoms in total. The van der Waals surface area contributed by atoms with E-state index in [1.807, 2.05) is 0 Å². The highest BCUT2D eigenvalue weighted by molar-refractivity contribution is 9.10. The Morgan fingerprint density at radius 1 is 1.40 bits per heavy atom. The van der Waals surface area contributed by atoms with Crippen molar-refractivity contribution in [3.8, 4) is 11.5 Å². The van der Waals surface area contributed by atoms with Gasteiger partial charge in [-0.3, -0.25) is 0 Å². The van der Waals surface area contributed by atoms with Crippen molar-refractivity contribution < 1.29 is 8.81 Å². The van der Waals surface area contributed by atoms with E-state index in [-0.39, 0.29) is 23.2 Å². The third-order valence-corrected chi connectivity index (χ3v) is 2.46. The van der Waals surface area contributed by atoms with Crippen molar-refractivity contribution >= 4 is 27.5 Å². The lowest BCUT2D eigenvalue weighted by molar-refractivity contribution is 0.521. The van der Waals surface area contributed by atoms with E-state index in [2.05, 4.69) is 26.1 Å². The van der Waals surface area contributed by atoms with Gasteiger partial charge in [-0.2, -0.15) is 0 Å². The van der Waals surface area contributed by atoms with Crippen LogP contribution in [0.2, 0.25) is 0 Å². The molecule has 0 saturated heterocycles. The predicted octanol–water partition coefficient (Wildman–Crippen LogP) is 3.38. The highest BCUT2D eigenvalue weighted by Gasteiger charge is 2.12. The third kappa shape index (κ3) is 2.18. The molecule has 0 atom stereocenters. The van der Waals surface area contributed by atoms with Crippen LogP contribution in [0.3, 0.4) is 0 Å². The van der Waals surface area contributed by atoms with E-state index in [4.69, 9.17) is 16.0 Å². The monoisotopic (exact) mass is 290 g/mol. The minimum atomic E-state index is -0.422. The minimum absolute atomic E-state index is 0.116. The topological polar surface area (TPSA) is 38.9 Å². The molecule has 0 unspecified atom stereocenters. The van der Waals surface area contributed by atoms with Gasteiger partial charge in [-0.25, -0.2) is 4.39 Å². The fourth-order valence-corrected chi connectivity index (χ4v) is 1.52. The van der Waals surface area contributed by atoms with Gasteiger partial charge < -0.3 is 4.42 Å². The van der Waals surface area contributed by atoms with Gasteiger partial charge in [0.15, 0.2) is 0 Å². The molecule has 2 aromatic rings. The molecule has 1 aromatic carbocycles. The lowest BCUT2D eigenvalue weighted by Crippen LogP contribution is -1.84. The van der Waals surface area contributed by atoms with Crippen LogP contribution in [-0.4, -0.2) is 10.2 Å². The Morgan fingerprint density at radius 2 is 2.20 bits per heavy atom. The first kappa shape index (κ1) is 10.6. The molecule has 0 aliphatic heterocycles. The molecule has 15 heavy (non-hydrogen) atoms. The number of rotatable bonds is 2. The van der Waals surface area contributed by atoms with Gasteiger partial charge in [-0.15, -0.1) is 21.8 Å². The molecule has 0 aliphatic rings. The van der Waals surface area contributed by atoms with Crippen molar-refractivity contribution in [3.05, 3.63) is 34.4 Å². The number of hydrogen-bond acceptors (Lipinski definition) is 3. The summed E-state index contributed by atoms with van der Waals surface area (Å²) in [4.78, 5) is 0. The van der Waals surface area contributed by atoms with E-state index < -0.39 is 5.82 Å². The lowest BCUT2D eigenvalue weighted by Gasteiger charge is -1.97. The SMILES string of the molecule is Fc1cc(Br)ccc1-c1nnc(CCl)o1. The minimum Gasteiger partial charge on any atom is -0.419 e. The number of nitrogens with zero attached hydrogens (tertiary/aromatic N) is 2. The molecule has 6 heteroatoms. The van der Waals surface area contributed by atoms with Crippen LogP contribution >= 0.6 is 27.5 Å². The summed E-state index contributed by atoms with van der Waals surface area (Å²) in [5.74, 6) is 0.101. The van der Waals surface area contributed by atoms with E-state index >= 15 is 0 Å². The molecule has 1 aromatic heterocycles. The second-order valence-electron chi connectivity index (χ2n) is 2.76. The normalized spacial score (nSPS) is 10.6. The Morgan fingerprint density at radius 3 is 2.80 bits per heavy atom. The van der Waals surface area contributed by atoms with Gasteiger partial charge in [0, 0.05) is 4.47 Å². The van der Waals surface area contributed by atoms with Crippen molar-refractivity contribution in [1.29, 1.82) is 0 Å². The Balaban J connectivity index is 2.44. The lowest BCUT2D eigenvalue weighted by atomic mass is 10.2. The first-order valence-corrected chi connectivity index (χ1v) is 5.37. The third-order valence-electron chi connectivity index (χ3n) is 1.74. The molecule has 0 N–H and O–H groups in total. The molecule has 1 heterocycles. The van der Waals surface area contributed by atoms with Crippen LogP contribution in [0.15, 0.2) is 27.1 Å². The zero-order valence-electron chi connectivity index (χ0n) is 7.38. The Bertz CT molecular complexity index is 489. The van der Waals surface area contributed by atoms with E-state index in [0.29, 0.717) is 4.47 Å². The average Bonchev–Trinajstić information content (AvgIpc) is 2.66. The maximum atomic E-state index is 13.5. The largest absolute Gasteiger partial charge is 0.419 e. The molecule has 0 spiro atoms. The molecular formula is C9H5BrClFN2O. The van der Waals surface area contributed by atoms with Crippen molar-refractivity contribution in [2.45, 2.75) is 5.88 Å². The van der Waals surface area contributed by atoms with Crippen LogP contribution in [0.25, 0.3) is 11.5 Å². The smallest absolute Gasteiger partial charge is 0.250 e. The summed E-state index contributed by atoms with van der Waals surface area (Å²) >= 11 is 8.66. The van der Waals surface area contributed by atoms with Gasteiger partial charge in [0.05, 0.1) is 5.56 Å². The molecular weight excluding hydrogens is 286 g/mol. The standard InChI is InChI=1S/C9H5BrClFN2O/c10-5-1-2-6(7(12)3-5)9-14-13-8(4-11)15-9/h1-3H,4H2. The molecule has 0 fully saturated rings. The van der Waals surface area contributed by atoms with Crippen molar-refractivity contribution in [2.24, 2.45) is 0 Å². The van der Waals surface area contributed by atoms with Crippen LogP contribution in [0.4, 0.5) is 4.39 Å². The van der Waals surface area contributed by atoms with Gasteiger partial charge in [0.25, 0.3) is 5.89 Å². The summed E-state index contributed by atoms with van der Waals surface area (Å²) < 4.78 is 19.2. The van der Waals surface area contributed by atoms with Gasteiger partial charge in [-0.1, -0.05) is 15.9 Å². The Hall–Kier alpha value is -0.940. The van der Waals surface area contributed by atoms with Crippen LogP contribution in [-0.2, 0) is 5.88 Å². The van der Waals surface area contributed by atoms with Gasteiger partial charge in [0.2, 0.25) is 5.89 Å². The summed E-state index contributed by atoms with van der Waals surface area (Å²) in [5, 5.41) is 7.34. The van der Waals surface area contributed by atoms with Gasteiger partial charge >= 0.3 is 0 Å². The van der Waals surface area contributed by atoms with Crippen LogP contribution in [0.5, 0.6) is 0 Å². The second kappa shape index (κ2) is 4.28. The fraction of sp³-hybridized carbons (Fsp3) is 0.111. The first-order valence-electron chi connectivity index (χ1n) is 4.04. The number of halogens is 3.